The summed E-state index contributed by atoms with van der Waals surface area (Å²) in [6.07, 6.45) is 7.73. The van der Waals surface area contributed by atoms with Gasteiger partial charge < -0.3 is 0 Å². The van der Waals surface area contributed by atoms with Crippen molar-refractivity contribution in [2.75, 3.05) is 6.54 Å². The van der Waals surface area contributed by atoms with Crippen molar-refractivity contribution in [2.24, 2.45) is 5.10 Å². The molecule has 0 aliphatic carbocycles. The number of rotatable bonds is 4. The van der Waals surface area contributed by atoms with Crippen LogP contribution in [0, 0.1) is 19.3 Å². The SMILES string of the molecule is C#CCN/N=C/Cc1ccccc1C. The third-order valence-electron chi connectivity index (χ3n) is 1.94. The molecule has 0 aliphatic heterocycles. The van der Waals surface area contributed by atoms with Crippen LogP contribution in [-0.4, -0.2) is 12.8 Å². The summed E-state index contributed by atoms with van der Waals surface area (Å²) in [4.78, 5) is 0. The summed E-state index contributed by atoms with van der Waals surface area (Å²) in [5, 5.41) is 3.98. The van der Waals surface area contributed by atoms with Crippen molar-refractivity contribution in [2.45, 2.75) is 13.3 Å². The van der Waals surface area contributed by atoms with E-state index in [-0.39, 0.29) is 0 Å². The van der Waals surface area contributed by atoms with Crippen molar-refractivity contribution in [1.82, 2.24) is 5.43 Å². The van der Waals surface area contributed by atoms with Gasteiger partial charge in [0.25, 0.3) is 0 Å². The molecule has 0 saturated carbocycles. The molecule has 2 nitrogen and oxygen atoms in total. The van der Waals surface area contributed by atoms with Crippen molar-refractivity contribution in [1.29, 1.82) is 0 Å². The van der Waals surface area contributed by atoms with Crippen LogP contribution in [-0.2, 0) is 6.42 Å². The fourth-order valence-electron chi connectivity index (χ4n) is 1.14. The average molecular weight is 186 g/mol. The number of aryl methyl sites for hydroxylation is 1. The molecule has 0 aromatic heterocycles. The first-order valence-corrected chi connectivity index (χ1v) is 4.57. The Morgan fingerprint density at radius 2 is 2.29 bits per heavy atom. The van der Waals surface area contributed by atoms with Crippen molar-refractivity contribution >= 4 is 6.21 Å². The van der Waals surface area contributed by atoms with Gasteiger partial charge in [0.15, 0.2) is 0 Å². The number of nitrogens with one attached hydrogen (secondary N) is 1. The second kappa shape index (κ2) is 5.82. The van der Waals surface area contributed by atoms with Crippen molar-refractivity contribution in [3.8, 4) is 12.3 Å². The molecule has 0 heterocycles. The van der Waals surface area contributed by atoms with E-state index in [2.05, 4.69) is 35.5 Å². The van der Waals surface area contributed by atoms with Crippen LogP contribution in [0.2, 0.25) is 0 Å². The Morgan fingerprint density at radius 3 is 3.00 bits per heavy atom. The maximum absolute atomic E-state index is 5.06. The molecule has 1 aromatic carbocycles. The zero-order chi connectivity index (χ0) is 10.2. The summed E-state index contributed by atoms with van der Waals surface area (Å²) in [5.41, 5.74) is 5.34. The molecule has 0 amide bonds. The van der Waals surface area contributed by atoms with E-state index < -0.39 is 0 Å². The summed E-state index contributed by atoms with van der Waals surface area (Å²) in [5.74, 6) is 2.45. The van der Waals surface area contributed by atoms with E-state index >= 15 is 0 Å². The molecule has 0 fully saturated rings. The topological polar surface area (TPSA) is 24.4 Å². The fourth-order valence-corrected chi connectivity index (χ4v) is 1.14. The van der Waals surface area contributed by atoms with E-state index in [4.69, 9.17) is 6.42 Å². The van der Waals surface area contributed by atoms with Crippen LogP contribution in [0.25, 0.3) is 0 Å². The summed E-state index contributed by atoms with van der Waals surface area (Å²) < 4.78 is 0. The largest absolute Gasteiger partial charge is 0.298 e. The second-order valence-corrected chi connectivity index (χ2v) is 2.98. The van der Waals surface area contributed by atoms with E-state index in [9.17, 15) is 0 Å². The van der Waals surface area contributed by atoms with Gasteiger partial charge in [-0.1, -0.05) is 30.2 Å². The minimum absolute atomic E-state index is 0.476. The summed E-state index contributed by atoms with van der Waals surface area (Å²) in [6.45, 7) is 2.57. The summed E-state index contributed by atoms with van der Waals surface area (Å²) >= 11 is 0. The number of hydrazone groups is 1. The Hall–Kier alpha value is -1.75. The molecule has 0 aliphatic rings. The Labute approximate surface area is 85.0 Å². The number of hydrogen-bond acceptors (Lipinski definition) is 2. The molecule has 2 heteroatoms. The molecule has 1 rings (SSSR count). The molecule has 14 heavy (non-hydrogen) atoms. The van der Waals surface area contributed by atoms with Gasteiger partial charge in [-0.3, -0.25) is 5.43 Å². The van der Waals surface area contributed by atoms with Gasteiger partial charge in [-0.25, -0.2) is 0 Å². The minimum Gasteiger partial charge on any atom is -0.298 e. The smallest absolute Gasteiger partial charge is 0.0935 e. The number of hydrogen-bond donors (Lipinski definition) is 1. The third-order valence-corrected chi connectivity index (χ3v) is 1.94. The second-order valence-electron chi connectivity index (χ2n) is 2.98. The van der Waals surface area contributed by atoms with Gasteiger partial charge in [-0.2, -0.15) is 5.10 Å². The van der Waals surface area contributed by atoms with Crippen molar-refractivity contribution in [3.63, 3.8) is 0 Å². The van der Waals surface area contributed by atoms with Gasteiger partial charge >= 0.3 is 0 Å². The average Bonchev–Trinajstić information content (AvgIpc) is 2.20. The predicted octanol–water partition coefficient (Wildman–Crippen LogP) is 1.75. The maximum atomic E-state index is 5.06. The van der Waals surface area contributed by atoms with Crippen LogP contribution in [0.4, 0.5) is 0 Å². The van der Waals surface area contributed by atoms with E-state index in [1.807, 2.05) is 18.3 Å². The minimum atomic E-state index is 0.476. The van der Waals surface area contributed by atoms with Gasteiger partial charge in [-0.05, 0) is 18.1 Å². The van der Waals surface area contributed by atoms with Gasteiger partial charge in [-0.15, -0.1) is 6.42 Å². The molecule has 1 N–H and O–H groups in total. The lowest BCUT2D eigenvalue weighted by molar-refractivity contribution is 0.841. The molecule has 0 atom stereocenters. The molecule has 0 unspecified atom stereocenters. The number of benzene rings is 1. The first kappa shape index (κ1) is 10.3. The zero-order valence-electron chi connectivity index (χ0n) is 8.33. The molecule has 1 aromatic rings. The molecular formula is C12H14N2. The highest BCUT2D eigenvalue weighted by Gasteiger charge is 1.92. The molecular weight excluding hydrogens is 172 g/mol. The Balaban J connectivity index is 2.42. The Bertz CT molecular complexity index is 348. The van der Waals surface area contributed by atoms with Crippen LogP contribution in [0.5, 0.6) is 0 Å². The predicted molar refractivity (Wildman–Crippen MR) is 60.2 cm³/mol. The lowest BCUT2D eigenvalue weighted by Crippen LogP contribution is -2.05. The lowest BCUT2D eigenvalue weighted by atomic mass is 10.1. The van der Waals surface area contributed by atoms with Crippen molar-refractivity contribution in [3.05, 3.63) is 35.4 Å². The molecule has 0 bridgehead atoms. The van der Waals surface area contributed by atoms with Crippen LogP contribution >= 0.6 is 0 Å². The number of nitrogens with zero attached hydrogens (tertiary/aromatic N) is 1. The van der Waals surface area contributed by atoms with Crippen LogP contribution < -0.4 is 5.43 Å². The van der Waals surface area contributed by atoms with Crippen molar-refractivity contribution < 1.29 is 0 Å². The standard InChI is InChI=1S/C12H14N2/c1-3-9-13-14-10-8-12-7-5-4-6-11(12)2/h1,4-7,10,13H,8-9H2,2H3/b14-10+. The Kier molecular flexibility index (Phi) is 4.30. The van der Waals surface area contributed by atoms with Gasteiger partial charge in [0, 0.05) is 12.6 Å². The summed E-state index contributed by atoms with van der Waals surface area (Å²) in [6, 6.07) is 8.26. The van der Waals surface area contributed by atoms with E-state index in [1.54, 1.807) is 0 Å². The third kappa shape index (κ3) is 3.32. The first-order chi connectivity index (χ1) is 6.84. The fraction of sp³-hybridized carbons (Fsp3) is 0.250. The van der Waals surface area contributed by atoms with E-state index in [1.165, 1.54) is 11.1 Å². The van der Waals surface area contributed by atoms with Gasteiger partial charge in [0.1, 0.15) is 0 Å². The highest BCUT2D eigenvalue weighted by atomic mass is 15.3. The molecule has 0 radical (unpaired) electrons. The maximum Gasteiger partial charge on any atom is 0.0935 e. The van der Waals surface area contributed by atoms with Gasteiger partial charge in [0.2, 0.25) is 0 Å². The lowest BCUT2D eigenvalue weighted by Gasteiger charge is -2.00. The van der Waals surface area contributed by atoms with Gasteiger partial charge in [0.05, 0.1) is 6.54 Å². The normalized spacial score (nSPS) is 10.0. The molecule has 72 valence electrons. The highest BCUT2D eigenvalue weighted by molar-refractivity contribution is 5.61. The summed E-state index contributed by atoms with van der Waals surface area (Å²) in [7, 11) is 0. The van der Waals surface area contributed by atoms with Crippen LogP contribution in [0.3, 0.4) is 0 Å². The van der Waals surface area contributed by atoms with E-state index in [0.717, 1.165) is 6.42 Å². The Morgan fingerprint density at radius 1 is 1.50 bits per heavy atom. The zero-order valence-corrected chi connectivity index (χ0v) is 8.33. The van der Waals surface area contributed by atoms with E-state index in [0.29, 0.717) is 6.54 Å². The molecule has 0 spiro atoms. The quantitative estimate of drug-likeness (QED) is 0.329. The first-order valence-electron chi connectivity index (χ1n) is 4.57. The highest BCUT2D eigenvalue weighted by Crippen LogP contribution is 2.05. The molecule has 0 saturated heterocycles. The van der Waals surface area contributed by atoms with Crippen LogP contribution in [0.15, 0.2) is 29.4 Å². The number of terminal acetylenes is 1. The van der Waals surface area contributed by atoms with Crippen LogP contribution in [0.1, 0.15) is 11.1 Å². The monoisotopic (exact) mass is 186 g/mol.